The number of nitrogens with zero attached hydrogens (tertiary/aromatic N) is 2. The summed E-state index contributed by atoms with van der Waals surface area (Å²) in [6, 6.07) is 1.40. The summed E-state index contributed by atoms with van der Waals surface area (Å²) in [6.45, 7) is 1.21. The van der Waals surface area contributed by atoms with Gasteiger partial charge in [0, 0.05) is 19.5 Å². The van der Waals surface area contributed by atoms with Crippen molar-refractivity contribution in [2.75, 3.05) is 19.6 Å². The number of nitrogens with one attached hydrogen (secondary N) is 3. The monoisotopic (exact) mass is 592 g/mol. The Morgan fingerprint density at radius 2 is 1.76 bits per heavy atom. The number of aliphatic hydroxyl groups excluding tert-OH is 1. The number of nitrogens with two attached hydrogens (primary N) is 3. The number of phenols is 1. The molecule has 4 amide bonds. The molecule has 1 fully saturated rings. The number of carbonyl (C=O) groups excluding carboxylic acids is 4. The lowest BCUT2D eigenvalue weighted by Gasteiger charge is -2.27. The Morgan fingerprint density at radius 1 is 1.10 bits per heavy atom. The average Bonchev–Trinajstić information content (AvgIpc) is 3.43. The highest BCUT2D eigenvalue weighted by Crippen LogP contribution is 2.18. The minimum Gasteiger partial charge on any atom is -0.508 e. The Balaban J connectivity index is 2.05. The van der Waals surface area contributed by atoms with Crippen molar-refractivity contribution >= 4 is 35.6 Å². The Bertz CT molecular complexity index is 1140. The van der Waals surface area contributed by atoms with Gasteiger partial charge in [0.25, 0.3) is 0 Å². The second-order valence-electron chi connectivity index (χ2n) is 10.0. The van der Waals surface area contributed by atoms with Crippen molar-refractivity contribution in [2.24, 2.45) is 22.2 Å². The van der Waals surface area contributed by atoms with Gasteiger partial charge in [-0.15, -0.1) is 0 Å². The molecule has 0 saturated carbocycles. The summed E-state index contributed by atoms with van der Waals surface area (Å²) in [5, 5.41) is 35.8. The quantitative estimate of drug-likeness (QED) is 0.0557. The number of amides is 4. The molecular weight excluding hydrogens is 552 g/mol. The topological polar surface area (TPSA) is 276 Å². The van der Waals surface area contributed by atoms with Gasteiger partial charge in [0.05, 0.1) is 18.7 Å². The zero-order chi connectivity index (χ0) is 31.4. The molecule has 16 heteroatoms. The van der Waals surface area contributed by atoms with Gasteiger partial charge in [-0.3, -0.25) is 24.2 Å². The summed E-state index contributed by atoms with van der Waals surface area (Å²) in [5.41, 5.74) is 17.2. The van der Waals surface area contributed by atoms with Crippen LogP contribution in [-0.4, -0.2) is 106 Å². The zero-order valence-electron chi connectivity index (χ0n) is 23.4. The maximum atomic E-state index is 13.1. The highest BCUT2D eigenvalue weighted by atomic mass is 16.4. The molecule has 16 nitrogen and oxygen atoms in total. The average molecular weight is 593 g/mol. The number of carboxylic acids is 1. The number of aliphatic hydroxyl groups is 1. The number of carbonyl (C=O) groups is 5. The van der Waals surface area contributed by atoms with Crippen LogP contribution >= 0.6 is 0 Å². The number of hydrogen-bond donors (Lipinski definition) is 9. The van der Waals surface area contributed by atoms with E-state index in [1.807, 2.05) is 0 Å². The van der Waals surface area contributed by atoms with Crippen molar-refractivity contribution in [3.63, 3.8) is 0 Å². The fourth-order valence-corrected chi connectivity index (χ4v) is 4.37. The lowest BCUT2D eigenvalue weighted by Crippen LogP contribution is -2.56. The first kappa shape index (κ1) is 33.8. The Labute approximate surface area is 242 Å². The number of rotatable bonds is 15. The van der Waals surface area contributed by atoms with Crippen LogP contribution in [0.3, 0.4) is 0 Å². The molecule has 1 aromatic carbocycles. The van der Waals surface area contributed by atoms with Crippen LogP contribution in [0.15, 0.2) is 29.3 Å². The van der Waals surface area contributed by atoms with E-state index in [9.17, 15) is 39.3 Å². The maximum absolute atomic E-state index is 13.1. The number of aromatic hydroxyl groups is 1. The van der Waals surface area contributed by atoms with Gasteiger partial charge < -0.3 is 53.4 Å². The van der Waals surface area contributed by atoms with Crippen LogP contribution in [0.5, 0.6) is 5.75 Å². The smallest absolute Gasteiger partial charge is 0.328 e. The number of aliphatic imine (C=N–C) groups is 1. The van der Waals surface area contributed by atoms with E-state index in [1.54, 1.807) is 12.1 Å². The van der Waals surface area contributed by atoms with Crippen molar-refractivity contribution < 1.29 is 39.3 Å². The highest BCUT2D eigenvalue weighted by molar-refractivity contribution is 5.94. The molecule has 0 aromatic heterocycles. The lowest BCUT2D eigenvalue weighted by molar-refractivity contribution is -0.146. The van der Waals surface area contributed by atoms with Crippen LogP contribution in [0.2, 0.25) is 0 Å². The normalized spacial score (nSPS) is 17.3. The van der Waals surface area contributed by atoms with Crippen LogP contribution in [-0.2, 0) is 30.4 Å². The summed E-state index contributed by atoms with van der Waals surface area (Å²) < 4.78 is 0. The van der Waals surface area contributed by atoms with Gasteiger partial charge in [-0.2, -0.15) is 0 Å². The van der Waals surface area contributed by atoms with Gasteiger partial charge in [-0.25, -0.2) is 4.79 Å². The number of hydrogen-bond acceptors (Lipinski definition) is 9. The van der Waals surface area contributed by atoms with Crippen LogP contribution in [0.1, 0.15) is 38.2 Å². The number of benzene rings is 1. The summed E-state index contributed by atoms with van der Waals surface area (Å²) in [4.78, 5) is 68.0. The number of guanidine groups is 1. The highest BCUT2D eigenvalue weighted by Gasteiger charge is 2.37. The predicted molar refractivity (Wildman–Crippen MR) is 151 cm³/mol. The first-order valence-electron chi connectivity index (χ1n) is 13.5. The largest absolute Gasteiger partial charge is 0.508 e. The lowest BCUT2D eigenvalue weighted by atomic mass is 10.0. The van der Waals surface area contributed by atoms with Crippen molar-refractivity contribution in [2.45, 2.75) is 69.3 Å². The zero-order valence-corrected chi connectivity index (χ0v) is 23.4. The van der Waals surface area contributed by atoms with Crippen LogP contribution < -0.4 is 33.2 Å². The summed E-state index contributed by atoms with van der Waals surface area (Å²) in [6.07, 6.45) is 0.0827. The molecule has 0 spiro atoms. The minimum atomic E-state index is -1.54. The molecule has 0 unspecified atom stereocenters. The number of likely N-dealkylation sites (tertiary alicyclic amines) is 1. The molecule has 1 aliphatic rings. The van der Waals surface area contributed by atoms with E-state index < -0.39 is 66.4 Å². The molecule has 42 heavy (non-hydrogen) atoms. The first-order valence-corrected chi connectivity index (χ1v) is 13.5. The third kappa shape index (κ3) is 10.5. The number of phenolic OH excluding ortho intramolecular Hbond substituents is 1. The molecule has 0 aliphatic carbocycles. The second kappa shape index (κ2) is 16.1. The van der Waals surface area contributed by atoms with Gasteiger partial charge >= 0.3 is 5.97 Å². The summed E-state index contributed by atoms with van der Waals surface area (Å²) in [5.74, 6) is -4.09. The Hall–Kier alpha value is -4.44. The van der Waals surface area contributed by atoms with E-state index in [1.165, 1.54) is 24.0 Å². The van der Waals surface area contributed by atoms with E-state index in [2.05, 4.69) is 20.9 Å². The van der Waals surface area contributed by atoms with Crippen molar-refractivity contribution in [3.05, 3.63) is 29.8 Å². The van der Waals surface area contributed by atoms with Gasteiger partial charge in [-0.05, 0) is 50.3 Å². The number of carboxylic acid groups (broad SMARTS) is 1. The molecule has 0 radical (unpaired) electrons. The van der Waals surface area contributed by atoms with Crippen molar-refractivity contribution in [1.29, 1.82) is 0 Å². The molecule has 0 bridgehead atoms. The molecular formula is C26H40N8O8. The van der Waals surface area contributed by atoms with Crippen molar-refractivity contribution in [3.8, 4) is 5.75 Å². The molecule has 232 valence electrons. The Morgan fingerprint density at radius 3 is 2.36 bits per heavy atom. The minimum absolute atomic E-state index is 0.0181. The van der Waals surface area contributed by atoms with Gasteiger partial charge in [-0.1, -0.05) is 12.1 Å². The van der Waals surface area contributed by atoms with E-state index in [4.69, 9.17) is 17.2 Å². The first-order chi connectivity index (χ1) is 19.8. The number of aliphatic carboxylic acids is 1. The van der Waals surface area contributed by atoms with E-state index in [0.717, 1.165) is 0 Å². The van der Waals surface area contributed by atoms with Gasteiger partial charge in [0.2, 0.25) is 23.6 Å². The molecule has 12 N–H and O–H groups in total. The standard InChI is InChI=1S/C26H40N8O8/c1-14(35)21(25(41)42)33-24(40)19-5-3-11-34(19)20(37)13-31-23(39)18(12-15-6-8-16(36)9-7-15)32-22(38)17(27)4-2-10-30-26(28)29/h6-9,14,17-19,21,35-36H,2-5,10-13,27H2,1H3,(H,31,39)(H,32,38)(H,33,40)(H,41,42)(H4,28,29,30)/t14-,17+,18+,19+,21+/m1/s1. The third-order valence-electron chi connectivity index (χ3n) is 6.65. The molecule has 2 rings (SSSR count). The van der Waals surface area contributed by atoms with Crippen LogP contribution in [0.4, 0.5) is 0 Å². The van der Waals surface area contributed by atoms with Crippen LogP contribution in [0, 0.1) is 0 Å². The van der Waals surface area contributed by atoms with Crippen molar-refractivity contribution in [1.82, 2.24) is 20.9 Å². The summed E-state index contributed by atoms with van der Waals surface area (Å²) in [7, 11) is 0. The van der Waals surface area contributed by atoms with Gasteiger partial charge in [0.15, 0.2) is 12.0 Å². The predicted octanol–water partition coefficient (Wildman–Crippen LogP) is -3.14. The molecule has 5 atom stereocenters. The Kier molecular flexibility index (Phi) is 13.0. The molecule has 1 saturated heterocycles. The second-order valence-corrected chi connectivity index (χ2v) is 10.0. The van der Waals surface area contributed by atoms with Gasteiger partial charge in [0.1, 0.15) is 17.8 Å². The van der Waals surface area contributed by atoms with E-state index in [0.29, 0.717) is 18.4 Å². The molecule has 1 heterocycles. The summed E-state index contributed by atoms with van der Waals surface area (Å²) >= 11 is 0. The molecule has 1 aromatic rings. The van der Waals surface area contributed by atoms with Crippen LogP contribution in [0.25, 0.3) is 0 Å². The van der Waals surface area contributed by atoms with E-state index >= 15 is 0 Å². The maximum Gasteiger partial charge on any atom is 0.328 e. The third-order valence-corrected chi connectivity index (χ3v) is 6.65. The fourth-order valence-electron chi connectivity index (χ4n) is 4.37. The molecule has 1 aliphatic heterocycles. The van der Waals surface area contributed by atoms with E-state index in [-0.39, 0.29) is 44.1 Å². The fraction of sp³-hybridized carbons (Fsp3) is 0.538. The SMILES string of the molecule is C[C@@H](O)[C@H](NC(=O)[C@@H]1CCCN1C(=O)CNC(=O)[C@H](Cc1ccc(O)cc1)NC(=O)[C@@H](N)CCCN=C(N)N)C(=O)O.